The molecule has 12 heteroatoms. The van der Waals surface area contributed by atoms with Gasteiger partial charge in [-0.25, -0.2) is 9.13 Å². The Morgan fingerprint density at radius 1 is 1.28 bits per heavy atom. The first-order valence-corrected chi connectivity index (χ1v) is 7.54. The molecule has 10 nitrogen and oxygen atoms in total. The summed E-state index contributed by atoms with van der Waals surface area (Å²) in [5.41, 5.74) is -1.69. The lowest BCUT2D eigenvalue weighted by Crippen LogP contribution is -2.29. The molecular weight excluding hydrogens is 294 g/mol. The SMILES string of the molecule is C[C@@](O)(CCOP(=O)(O)OP(=O)(O)O)CC(=O)O. The van der Waals surface area contributed by atoms with Crippen molar-refractivity contribution in [3.63, 3.8) is 0 Å². The molecule has 5 N–H and O–H groups in total. The van der Waals surface area contributed by atoms with E-state index < -0.39 is 40.2 Å². The molecule has 0 bridgehead atoms. The van der Waals surface area contributed by atoms with E-state index in [9.17, 15) is 19.0 Å². The topological polar surface area (TPSA) is 171 Å². The molecule has 0 aromatic rings. The highest BCUT2D eigenvalue weighted by atomic mass is 31.3. The second-order valence-electron chi connectivity index (χ2n) is 3.69. The molecule has 0 aliphatic heterocycles. The first kappa shape index (κ1) is 17.7. The summed E-state index contributed by atoms with van der Waals surface area (Å²) in [7, 11) is -10.1. The van der Waals surface area contributed by atoms with Gasteiger partial charge in [-0.1, -0.05) is 0 Å². The number of aliphatic hydroxyl groups is 1. The van der Waals surface area contributed by atoms with Crippen LogP contribution < -0.4 is 0 Å². The molecule has 0 aromatic heterocycles. The van der Waals surface area contributed by atoms with Gasteiger partial charge in [-0.3, -0.25) is 9.32 Å². The second kappa shape index (κ2) is 6.23. The first-order valence-electron chi connectivity index (χ1n) is 4.51. The number of rotatable bonds is 8. The third kappa shape index (κ3) is 9.69. The highest BCUT2D eigenvalue weighted by molar-refractivity contribution is 7.60. The maximum Gasteiger partial charge on any atom is 0.481 e. The molecule has 0 saturated carbocycles. The molecule has 0 rings (SSSR count). The zero-order chi connectivity index (χ0) is 14.6. The van der Waals surface area contributed by atoms with Gasteiger partial charge in [0, 0.05) is 6.42 Å². The zero-order valence-corrected chi connectivity index (χ0v) is 11.1. The number of carboxylic acids is 1. The van der Waals surface area contributed by atoms with Crippen LogP contribution in [0.25, 0.3) is 0 Å². The van der Waals surface area contributed by atoms with Gasteiger partial charge in [-0.15, -0.1) is 0 Å². The number of phosphoric ester groups is 1. The van der Waals surface area contributed by atoms with E-state index in [4.69, 9.17) is 19.8 Å². The quantitative estimate of drug-likeness (QED) is 0.379. The Balaban J connectivity index is 4.22. The number of carboxylic acid groups (broad SMARTS) is 1. The van der Waals surface area contributed by atoms with Gasteiger partial charge >= 0.3 is 21.6 Å². The van der Waals surface area contributed by atoms with Crippen LogP contribution in [0.5, 0.6) is 0 Å². The highest BCUT2D eigenvalue weighted by Crippen LogP contribution is 2.57. The van der Waals surface area contributed by atoms with E-state index in [-0.39, 0.29) is 6.42 Å². The lowest BCUT2D eigenvalue weighted by molar-refractivity contribution is -0.142. The second-order valence-corrected chi connectivity index (χ2v) is 6.52. The van der Waals surface area contributed by atoms with Crippen LogP contribution in [-0.4, -0.2) is 43.1 Å². The molecule has 0 saturated heterocycles. The fraction of sp³-hybridized carbons (Fsp3) is 0.833. The first-order chi connectivity index (χ1) is 7.83. The molecule has 0 fully saturated rings. The van der Waals surface area contributed by atoms with Gasteiger partial charge in [0.05, 0.1) is 18.6 Å². The van der Waals surface area contributed by atoms with Crippen molar-refractivity contribution in [1.82, 2.24) is 0 Å². The van der Waals surface area contributed by atoms with Crippen LogP contribution in [0.15, 0.2) is 0 Å². The van der Waals surface area contributed by atoms with E-state index in [1.807, 2.05) is 0 Å². The fourth-order valence-corrected chi connectivity index (χ4v) is 2.54. The van der Waals surface area contributed by atoms with Crippen LogP contribution >= 0.6 is 15.6 Å². The number of phosphoric acid groups is 2. The molecule has 18 heavy (non-hydrogen) atoms. The van der Waals surface area contributed by atoms with Crippen molar-refractivity contribution in [1.29, 1.82) is 0 Å². The standard InChI is InChI=1S/C6H14O10P2/c1-6(9,4-5(7)8)2-3-15-18(13,14)16-17(10,11)12/h9H,2-4H2,1H3,(H,7,8)(H,13,14)(H2,10,11,12)/t6-/m1/s1. The summed E-state index contributed by atoms with van der Waals surface area (Å²) in [6, 6.07) is 0. The minimum Gasteiger partial charge on any atom is -0.481 e. The Morgan fingerprint density at radius 3 is 2.17 bits per heavy atom. The van der Waals surface area contributed by atoms with E-state index in [2.05, 4.69) is 8.83 Å². The van der Waals surface area contributed by atoms with Gasteiger partial charge in [0.25, 0.3) is 0 Å². The van der Waals surface area contributed by atoms with Crippen LogP contribution in [-0.2, 0) is 22.8 Å². The van der Waals surface area contributed by atoms with Crippen molar-refractivity contribution < 1.29 is 47.7 Å². The van der Waals surface area contributed by atoms with Gasteiger partial charge in [0.1, 0.15) is 0 Å². The van der Waals surface area contributed by atoms with E-state index in [0.29, 0.717) is 0 Å². The van der Waals surface area contributed by atoms with Crippen LogP contribution in [0.3, 0.4) is 0 Å². The minimum atomic E-state index is -5.19. The smallest absolute Gasteiger partial charge is 0.481 e. The molecule has 0 amide bonds. The van der Waals surface area contributed by atoms with E-state index in [1.165, 1.54) is 0 Å². The monoisotopic (exact) mass is 308 g/mol. The Hall–Kier alpha value is -0.310. The van der Waals surface area contributed by atoms with E-state index in [0.717, 1.165) is 6.92 Å². The summed E-state index contributed by atoms with van der Waals surface area (Å²) in [6.07, 6.45) is -0.959. The van der Waals surface area contributed by atoms with Crippen molar-refractivity contribution in [2.75, 3.05) is 6.61 Å². The third-order valence-electron chi connectivity index (χ3n) is 1.64. The summed E-state index contributed by atoms with van der Waals surface area (Å²) in [6.45, 7) is 0.546. The summed E-state index contributed by atoms with van der Waals surface area (Å²) in [5, 5.41) is 17.9. The van der Waals surface area contributed by atoms with Crippen LogP contribution in [0.2, 0.25) is 0 Å². The van der Waals surface area contributed by atoms with Gasteiger partial charge in [0.2, 0.25) is 0 Å². The summed E-state index contributed by atoms with van der Waals surface area (Å²) in [5.74, 6) is -1.28. The van der Waals surface area contributed by atoms with Gasteiger partial charge in [-0.05, 0) is 6.92 Å². The van der Waals surface area contributed by atoms with Crippen LogP contribution in [0.1, 0.15) is 19.8 Å². The maximum absolute atomic E-state index is 11.0. The maximum atomic E-state index is 11.0. The lowest BCUT2D eigenvalue weighted by Gasteiger charge is -2.21. The molecule has 1 unspecified atom stereocenters. The van der Waals surface area contributed by atoms with E-state index in [1.54, 1.807) is 0 Å². The molecule has 108 valence electrons. The van der Waals surface area contributed by atoms with Gasteiger partial charge in [0.15, 0.2) is 0 Å². The molecule has 2 atom stereocenters. The zero-order valence-electron chi connectivity index (χ0n) is 9.29. The van der Waals surface area contributed by atoms with Crippen LogP contribution in [0, 0.1) is 0 Å². The van der Waals surface area contributed by atoms with Gasteiger partial charge in [-0.2, -0.15) is 4.31 Å². The molecule has 0 aromatic carbocycles. The normalized spacial score (nSPS) is 18.9. The number of carbonyl (C=O) groups is 1. The predicted molar refractivity (Wildman–Crippen MR) is 56.4 cm³/mol. The van der Waals surface area contributed by atoms with Crippen molar-refractivity contribution in [2.24, 2.45) is 0 Å². The summed E-state index contributed by atoms with van der Waals surface area (Å²) < 4.78 is 28.9. The minimum absolute atomic E-state index is 0.339. The average Bonchev–Trinajstić information content (AvgIpc) is 1.93. The van der Waals surface area contributed by atoms with Crippen molar-refractivity contribution in [3.05, 3.63) is 0 Å². The third-order valence-corrected chi connectivity index (χ3v) is 3.82. The van der Waals surface area contributed by atoms with Crippen LogP contribution in [0.4, 0.5) is 0 Å². The van der Waals surface area contributed by atoms with Crippen molar-refractivity contribution in [3.8, 4) is 0 Å². The molecule has 0 spiro atoms. The number of hydrogen-bond donors (Lipinski definition) is 5. The summed E-state index contributed by atoms with van der Waals surface area (Å²) >= 11 is 0. The van der Waals surface area contributed by atoms with Crippen molar-refractivity contribution >= 4 is 21.6 Å². The Morgan fingerprint density at radius 2 is 1.78 bits per heavy atom. The number of hydrogen-bond acceptors (Lipinski definition) is 6. The Kier molecular flexibility index (Phi) is 6.12. The molecular formula is C6H14O10P2. The largest absolute Gasteiger partial charge is 0.481 e. The highest BCUT2D eigenvalue weighted by Gasteiger charge is 2.33. The fourth-order valence-electron chi connectivity index (χ4n) is 0.953. The molecule has 0 radical (unpaired) electrons. The van der Waals surface area contributed by atoms with E-state index >= 15 is 0 Å². The van der Waals surface area contributed by atoms with Gasteiger partial charge < -0.3 is 24.9 Å². The number of aliphatic carboxylic acids is 1. The lowest BCUT2D eigenvalue weighted by atomic mass is 9.99. The predicted octanol–water partition coefficient (Wildman–Crippen LogP) is -0.172. The molecule has 0 aliphatic carbocycles. The Labute approximate surface area is 102 Å². The van der Waals surface area contributed by atoms with Crippen molar-refractivity contribution in [2.45, 2.75) is 25.4 Å². The summed E-state index contributed by atoms with van der Waals surface area (Å²) in [4.78, 5) is 35.7. The molecule has 0 aliphatic rings. The average molecular weight is 308 g/mol. The Bertz CT molecular complexity index is 384. The molecule has 0 heterocycles.